The average molecular weight is 410 g/mol. The van der Waals surface area contributed by atoms with Crippen molar-refractivity contribution in [1.82, 2.24) is 9.80 Å². The van der Waals surface area contributed by atoms with E-state index >= 15 is 0 Å². The van der Waals surface area contributed by atoms with Crippen LogP contribution in [0, 0.1) is 5.92 Å². The maximum absolute atomic E-state index is 6.11. The zero-order valence-electron chi connectivity index (χ0n) is 14.2. The van der Waals surface area contributed by atoms with E-state index in [1.54, 1.807) is 0 Å². The largest absolute Gasteiger partial charge is 0.370 e. The highest BCUT2D eigenvalue weighted by Gasteiger charge is 2.17. The van der Waals surface area contributed by atoms with Gasteiger partial charge in [-0.15, -0.1) is 24.0 Å². The number of nitrogens with zero attached hydrogens (tertiary/aromatic N) is 3. The maximum atomic E-state index is 6.11. The number of nitrogens with two attached hydrogens (primary N) is 1. The predicted octanol–water partition coefficient (Wildman–Crippen LogP) is 3.16. The van der Waals surface area contributed by atoms with Crippen molar-refractivity contribution < 1.29 is 0 Å². The summed E-state index contributed by atoms with van der Waals surface area (Å²) >= 11 is 0. The molecule has 0 saturated carbocycles. The molecule has 0 aromatic heterocycles. The third kappa shape index (κ3) is 8.86. The predicted molar refractivity (Wildman–Crippen MR) is 104 cm³/mol. The lowest BCUT2D eigenvalue weighted by molar-refractivity contribution is 0.267. The summed E-state index contributed by atoms with van der Waals surface area (Å²) in [6.07, 6.45) is 6.16. The zero-order chi connectivity index (χ0) is 14.8. The van der Waals surface area contributed by atoms with Crippen LogP contribution in [0.3, 0.4) is 0 Å². The first kappa shape index (κ1) is 21.0. The fourth-order valence-corrected chi connectivity index (χ4v) is 2.95. The van der Waals surface area contributed by atoms with Gasteiger partial charge in [-0.3, -0.25) is 4.99 Å². The van der Waals surface area contributed by atoms with Crippen LogP contribution < -0.4 is 5.73 Å². The van der Waals surface area contributed by atoms with E-state index in [0.717, 1.165) is 44.5 Å². The average Bonchev–Trinajstić information content (AvgIpc) is 2.43. The molecule has 0 aliphatic carbocycles. The Morgan fingerprint density at radius 1 is 1.24 bits per heavy atom. The number of rotatable bonds is 8. The summed E-state index contributed by atoms with van der Waals surface area (Å²) in [4.78, 5) is 9.36. The van der Waals surface area contributed by atoms with Crippen LogP contribution in [0.2, 0.25) is 0 Å². The first-order chi connectivity index (χ1) is 9.67. The first-order valence-corrected chi connectivity index (χ1v) is 8.44. The van der Waals surface area contributed by atoms with E-state index in [1.165, 1.54) is 38.8 Å². The van der Waals surface area contributed by atoms with Gasteiger partial charge in [0, 0.05) is 19.6 Å². The van der Waals surface area contributed by atoms with Crippen LogP contribution in [0.4, 0.5) is 0 Å². The lowest BCUT2D eigenvalue weighted by Gasteiger charge is -2.31. The van der Waals surface area contributed by atoms with E-state index in [-0.39, 0.29) is 24.0 Å². The van der Waals surface area contributed by atoms with Gasteiger partial charge in [-0.1, -0.05) is 20.8 Å². The Bertz CT molecular complexity index is 277. The van der Waals surface area contributed by atoms with Crippen LogP contribution >= 0.6 is 24.0 Å². The Balaban J connectivity index is 0.00000400. The molecule has 0 radical (unpaired) electrons. The standard InChI is InChI=1S/C16H34N4.HI/c1-4-10-19(11-5-2)12-7-9-18-16(17)20-13-6-8-15(3)14-20;/h15H,4-14H2,1-3H3,(H2,17,18);1H. The van der Waals surface area contributed by atoms with Crippen LogP contribution in [0.1, 0.15) is 52.9 Å². The Labute approximate surface area is 148 Å². The Hall–Kier alpha value is -0.0400. The van der Waals surface area contributed by atoms with E-state index < -0.39 is 0 Å². The van der Waals surface area contributed by atoms with E-state index in [2.05, 4.69) is 35.6 Å². The van der Waals surface area contributed by atoms with Crippen molar-refractivity contribution in [3.8, 4) is 0 Å². The van der Waals surface area contributed by atoms with E-state index in [9.17, 15) is 0 Å². The number of piperidine rings is 1. The number of halogens is 1. The Morgan fingerprint density at radius 3 is 2.48 bits per heavy atom. The number of hydrogen-bond donors (Lipinski definition) is 1. The number of likely N-dealkylation sites (tertiary alicyclic amines) is 1. The smallest absolute Gasteiger partial charge is 0.191 e. The van der Waals surface area contributed by atoms with Crippen molar-refractivity contribution in [3.05, 3.63) is 0 Å². The third-order valence-electron chi connectivity index (χ3n) is 3.97. The van der Waals surface area contributed by atoms with Gasteiger partial charge in [0.2, 0.25) is 0 Å². The van der Waals surface area contributed by atoms with Gasteiger partial charge in [-0.05, 0) is 57.7 Å². The van der Waals surface area contributed by atoms with Gasteiger partial charge in [0.05, 0.1) is 0 Å². The highest BCUT2D eigenvalue weighted by Crippen LogP contribution is 2.14. The van der Waals surface area contributed by atoms with E-state index in [4.69, 9.17) is 5.73 Å². The molecule has 0 amide bonds. The summed E-state index contributed by atoms with van der Waals surface area (Å²) in [7, 11) is 0. The summed E-state index contributed by atoms with van der Waals surface area (Å²) in [5, 5.41) is 0. The van der Waals surface area contributed by atoms with Crippen LogP contribution in [0.25, 0.3) is 0 Å². The molecule has 0 bridgehead atoms. The summed E-state index contributed by atoms with van der Waals surface area (Å²) in [6.45, 7) is 13.4. The molecule has 0 spiro atoms. The molecule has 1 saturated heterocycles. The minimum absolute atomic E-state index is 0. The normalized spacial score (nSPS) is 19.7. The summed E-state index contributed by atoms with van der Waals surface area (Å²) in [5.41, 5.74) is 6.11. The van der Waals surface area contributed by atoms with Crippen LogP contribution in [0.5, 0.6) is 0 Å². The van der Waals surface area contributed by atoms with E-state index in [0.29, 0.717) is 0 Å². The highest BCUT2D eigenvalue weighted by atomic mass is 127. The summed E-state index contributed by atoms with van der Waals surface area (Å²) in [5.74, 6) is 1.51. The molecule has 1 aliphatic rings. The Morgan fingerprint density at radius 2 is 1.90 bits per heavy atom. The lowest BCUT2D eigenvalue weighted by atomic mass is 10.0. The van der Waals surface area contributed by atoms with Crippen LogP contribution in [-0.2, 0) is 0 Å². The van der Waals surface area contributed by atoms with Gasteiger partial charge in [0.25, 0.3) is 0 Å². The number of aliphatic imine (C=N–C) groups is 1. The van der Waals surface area contributed by atoms with Crippen molar-refractivity contribution in [2.75, 3.05) is 39.3 Å². The molecule has 1 unspecified atom stereocenters. The van der Waals surface area contributed by atoms with E-state index in [1.807, 2.05) is 0 Å². The number of guanidine groups is 1. The molecule has 2 N–H and O–H groups in total. The molecule has 4 nitrogen and oxygen atoms in total. The molecule has 1 aliphatic heterocycles. The molecular weight excluding hydrogens is 375 g/mol. The molecule has 1 heterocycles. The van der Waals surface area contributed by atoms with Gasteiger partial charge >= 0.3 is 0 Å². The minimum atomic E-state index is 0. The van der Waals surface area contributed by atoms with Crippen molar-refractivity contribution in [3.63, 3.8) is 0 Å². The highest BCUT2D eigenvalue weighted by molar-refractivity contribution is 14.0. The fourth-order valence-electron chi connectivity index (χ4n) is 2.95. The second-order valence-corrected chi connectivity index (χ2v) is 6.13. The molecule has 0 aromatic carbocycles. The molecule has 1 fully saturated rings. The third-order valence-corrected chi connectivity index (χ3v) is 3.97. The van der Waals surface area contributed by atoms with Crippen LogP contribution in [-0.4, -0.2) is 55.0 Å². The van der Waals surface area contributed by atoms with Gasteiger partial charge in [0.1, 0.15) is 0 Å². The van der Waals surface area contributed by atoms with Gasteiger partial charge in [0.15, 0.2) is 5.96 Å². The summed E-state index contributed by atoms with van der Waals surface area (Å²) in [6, 6.07) is 0. The van der Waals surface area contributed by atoms with Crippen molar-refractivity contribution in [2.24, 2.45) is 16.6 Å². The molecule has 126 valence electrons. The second kappa shape index (κ2) is 12.5. The maximum Gasteiger partial charge on any atom is 0.191 e. The zero-order valence-corrected chi connectivity index (χ0v) is 16.5. The fraction of sp³-hybridized carbons (Fsp3) is 0.938. The number of hydrogen-bond acceptors (Lipinski definition) is 2. The lowest BCUT2D eigenvalue weighted by Crippen LogP contribution is -2.43. The van der Waals surface area contributed by atoms with Crippen molar-refractivity contribution >= 4 is 29.9 Å². The molecular formula is C16H35IN4. The topological polar surface area (TPSA) is 44.9 Å². The Kier molecular flexibility index (Phi) is 12.5. The van der Waals surface area contributed by atoms with Crippen molar-refractivity contribution in [2.45, 2.75) is 52.9 Å². The summed E-state index contributed by atoms with van der Waals surface area (Å²) < 4.78 is 0. The van der Waals surface area contributed by atoms with Gasteiger partial charge < -0.3 is 15.5 Å². The van der Waals surface area contributed by atoms with Crippen LogP contribution in [0.15, 0.2) is 4.99 Å². The first-order valence-electron chi connectivity index (χ1n) is 8.44. The SMILES string of the molecule is CCCN(CCC)CCCN=C(N)N1CCCC(C)C1.I. The van der Waals surface area contributed by atoms with Gasteiger partial charge in [-0.25, -0.2) is 0 Å². The molecule has 0 aromatic rings. The minimum Gasteiger partial charge on any atom is -0.370 e. The molecule has 1 atom stereocenters. The second-order valence-electron chi connectivity index (χ2n) is 6.13. The van der Waals surface area contributed by atoms with Crippen molar-refractivity contribution in [1.29, 1.82) is 0 Å². The quantitative estimate of drug-likeness (QED) is 0.289. The molecule has 21 heavy (non-hydrogen) atoms. The molecule has 1 rings (SSSR count). The van der Waals surface area contributed by atoms with Gasteiger partial charge in [-0.2, -0.15) is 0 Å². The monoisotopic (exact) mass is 410 g/mol. The molecule has 5 heteroatoms.